The van der Waals surface area contributed by atoms with E-state index in [1.54, 1.807) is 20.8 Å². The maximum absolute atomic E-state index is 11.3. The SMILES string of the molecule is CC(C)(C)OC(=O)N[C@@H](CC(N)=O)C(=O)O.C[C@@H](O)[C@H](N)C(=O)OCc1ccccc1. The molecule has 0 saturated carbocycles. The van der Waals surface area contributed by atoms with Crippen molar-refractivity contribution in [1.82, 2.24) is 5.32 Å². The summed E-state index contributed by atoms with van der Waals surface area (Å²) in [5.74, 6) is -2.75. The highest BCUT2D eigenvalue weighted by Crippen LogP contribution is 2.07. The van der Waals surface area contributed by atoms with Gasteiger partial charge in [-0.3, -0.25) is 9.59 Å². The third-order valence-electron chi connectivity index (χ3n) is 3.41. The number of rotatable bonds is 8. The number of aliphatic hydroxyl groups is 1. The van der Waals surface area contributed by atoms with Crippen LogP contribution >= 0.6 is 0 Å². The molecule has 3 atom stereocenters. The van der Waals surface area contributed by atoms with Crippen molar-refractivity contribution in [3.05, 3.63) is 35.9 Å². The monoisotopic (exact) mass is 441 g/mol. The van der Waals surface area contributed by atoms with Crippen LogP contribution in [0.4, 0.5) is 4.79 Å². The lowest BCUT2D eigenvalue weighted by Gasteiger charge is -2.21. The van der Waals surface area contributed by atoms with Crippen LogP contribution in [0.3, 0.4) is 0 Å². The zero-order valence-corrected chi connectivity index (χ0v) is 18.0. The molecular formula is C20H31N3O8. The lowest BCUT2D eigenvalue weighted by molar-refractivity contribution is -0.149. The third kappa shape index (κ3) is 13.6. The predicted molar refractivity (Wildman–Crippen MR) is 110 cm³/mol. The molecule has 31 heavy (non-hydrogen) atoms. The van der Waals surface area contributed by atoms with Crippen LogP contribution < -0.4 is 16.8 Å². The molecule has 0 aliphatic carbocycles. The van der Waals surface area contributed by atoms with Gasteiger partial charge in [-0.25, -0.2) is 9.59 Å². The predicted octanol–water partition coefficient (Wildman–Crippen LogP) is 0.278. The van der Waals surface area contributed by atoms with Crippen molar-refractivity contribution in [2.75, 3.05) is 0 Å². The van der Waals surface area contributed by atoms with Crippen LogP contribution in [0.25, 0.3) is 0 Å². The number of amides is 2. The number of hydrogen-bond donors (Lipinski definition) is 5. The first-order valence-electron chi connectivity index (χ1n) is 9.37. The number of primary amides is 1. The van der Waals surface area contributed by atoms with E-state index in [1.165, 1.54) is 6.92 Å². The Labute approximate surface area is 180 Å². The minimum atomic E-state index is -1.37. The van der Waals surface area contributed by atoms with Gasteiger partial charge in [0, 0.05) is 0 Å². The van der Waals surface area contributed by atoms with E-state index in [0.717, 1.165) is 5.56 Å². The number of carbonyl (C=O) groups is 4. The number of alkyl carbamates (subject to hydrolysis) is 1. The quantitative estimate of drug-likeness (QED) is 0.352. The van der Waals surface area contributed by atoms with E-state index in [-0.39, 0.29) is 6.61 Å². The summed E-state index contributed by atoms with van der Waals surface area (Å²) in [4.78, 5) is 43.7. The fraction of sp³-hybridized carbons (Fsp3) is 0.500. The molecule has 1 rings (SSSR count). The first-order chi connectivity index (χ1) is 14.2. The van der Waals surface area contributed by atoms with Crippen molar-refractivity contribution in [1.29, 1.82) is 0 Å². The number of carbonyl (C=O) groups excluding carboxylic acids is 3. The van der Waals surface area contributed by atoms with Crippen LogP contribution in [0.1, 0.15) is 39.7 Å². The number of esters is 1. The summed E-state index contributed by atoms with van der Waals surface area (Å²) < 4.78 is 9.76. The van der Waals surface area contributed by atoms with Gasteiger partial charge in [0.1, 0.15) is 24.3 Å². The van der Waals surface area contributed by atoms with Gasteiger partial charge in [0.05, 0.1) is 12.5 Å². The number of carboxylic acid groups (broad SMARTS) is 1. The van der Waals surface area contributed by atoms with Crippen LogP contribution in [0.2, 0.25) is 0 Å². The Balaban J connectivity index is 0.000000581. The van der Waals surface area contributed by atoms with Crippen molar-refractivity contribution in [2.24, 2.45) is 11.5 Å². The summed E-state index contributed by atoms with van der Waals surface area (Å²) >= 11 is 0. The largest absolute Gasteiger partial charge is 0.480 e. The van der Waals surface area contributed by atoms with Crippen molar-refractivity contribution < 1.29 is 38.9 Å². The number of aliphatic hydroxyl groups excluding tert-OH is 1. The van der Waals surface area contributed by atoms with Gasteiger partial charge in [-0.2, -0.15) is 0 Å². The highest BCUT2D eigenvalue weighted by Gasteiger charge is 2.25. The van der Waals surface area contributed by atoms with Crippen LogP contribution in [0.15, 0.2) is 30.3 Å². The lowest BCUT2D eigenvalue weighted by atomic mass is 10.2. The van der Waals surface area contributed by atoms with Gasteiger partial charge < -0.3 is 36.5 Å². The molecule has 0 radical (unpaired) electrons. The number of carboxylic acids is 1. The Bertz CT molecular complexity index is 732. The summed E-state index contributed by atoms with van der Waals surface area (Å²) in [5.41, 5.74) is 10.4. The van der Waals surface area contributed by atoms with E-state index >= 15 is 0 Å². The number of benzene rings is 1. The zero-order valence-electron chi connectivity index (χ0n) is 18.0. The Hall–Kier alpha value is -3.18. The normalized spacial score (nSPS) is 13.5. The second kappa shape index (κ2) is 13.2. The standard InChI is InChI=1S/C11H15NO3.C9H16N2O5/c1-8(13)10(12)11(14)15-7-9-5-3-2-4-6-9;1-9(2,3)16-8(15)11-5(7(13)14)4-6(10)12/h2-6,8,10,13H,7,12H2,1H3;5H,4H2,1-3H3,(H2,10,12)(H,11,15)(H,13,14)/t8-,10+;5-/m10/s1. The average Bonchev–Trinajstić information content (AvgIpc) is 2.64. The van der Waals surface area contributed by atoms with Gasteiger partial charge in [-0.15, -0.1) is 0 Å². The van der Waals surface area contributed by atoms with E-state index in [1.807, 2.05) is 35.6 Å². The van der Waals surface area contributed by atoms with E-state index in [2.05, 4.69) is 0 Å². The molecule has 0 aliphatic rings. The number of nitrogens with two attached hydrogens (primary N) is 2. The molecule has 11 nitrogen and oxygen atoms in total. The molecule has 0 unspecified atom stereocenters. The minimum absolute atomic E-state index is 0.181. The number of aliphatic carboxylic acids is 1. The van der Waals surface area contributed by atoms with Gasteiger partial charge in [0.25, 0.3) is 0 Å². The Morgan fingerprint density at radius 2 is 1.68 bits per heavy atom. The van der Waals surface area contributed by atoms with Crippen molar-refractivity contribution in [3.63, 3.8) is 0 Å². The Morgan fingerprint density at radius 1 is 1.13 bits per heavy atom. The second-order valence-electron chi connectivity index (χ2n) is 7.57. The van der Waals surface area contributed by atoms with Crippen molar-refractivity contribution in [3.8, 4) is 0 Å². The Kier molecular flexibility index (Phi) is 11.8. The van der Waals surface area contributed by atoms with Crippen LogP contribution in [-0.4, -0.2) is 57.9 Å². The van der Waals surface area contributed by atoms with Crippen LogP contribution in [-0.2, 0) is 30.5 Å². The summed E-state index contributed by atoms with van der Waals surface area (Å²) in [6.45, 7) is 6.54. The number of ether oxygens (including phenoxy) is 2. The van der Waals surface area contributed by atoms with E-state index in [9.17, 15) is 19.2 Å². The molecule has 0 spiro atoms. The van der Waals surface area contributed by atoms with E-state index < -0.39 is 54.1 Å². The van der Waals surface area contributed by atoms with Gasteiger partial charge in [0.2, 0.25) is 5.91 Å². The van der Waals surface area contributed by atoms with Gasteiger partial charge >= 0.3 is 18.0 Å². The number of hydrogen-bond acceptors (Lipinski definition) is 8. The average molecular weight is 441 g/mol. The Morgan fingerprint density at radius 3 is 2.10 bits per heavy atom. The topological polar surface area (TPSA) is 191 Å². The molecule has 0 fully saturated rings. The molecule has 11 heteroatoms. The zero-order chi connectivity index (χ0) is 24.2. The van der Waals surface area contributed by atoms with E-state index in [0.29, 0.717) is 0 Å². The molecule has 0 aliphatic heterocycles. The summed E-state index contributed by atoms with van der Waals surface area (Å²) in [5, 5.41) is 19.8. The summed E-state index contributed by atoms with van der Waals surface area (Å²) in [6.07, 6.45) is -2.27. The second-order valence-corrected chi connectivity index (χ2v) is 7.57. The maximum Gasteiger partial charge on any atom is 0.408 e. The fourth-order valence-corrected chi connectivity index (χ4v) is 1.87. The number of nitrogens with one attached hydrogen (secondary N) is 1. The van der Waals surface area contributed by atoms with Crippen molar-refractivity contribution >= 4 is 23.9 Å². The third-order valence-corrected chi connectivity index (χ3v) is 3.41. The highest BCUT2D eigenvalue weighted by molar-refractivity contribution is 5.86. The first-order valence-corrected chi connectivity index (χ1v) is 9.37. The van der Waals surface area contributed by atoms with Gasteiger partial charge in [0.15, 0.2) is 0 Å². The van der Waals surface area contributed by atoms with Gasteiger partial charge in [-0.05, 0) is 33.3 Å². The molecule has 174 valence electrons. The maximum atomic E-state index is 11.3. The van der Waals surface area contributed by atoms with Gasteiger partial charge in [-0.1, -0.05) is 30.3 Å². The molecule has 1 aromatic rings. The van der Waals surface area contributed by atoms with Crippen LogP contribution in [0.5, 0.6) is 0 Å². The molecule has 1 aromatic carbocycles. The lowest BCUT2D eigenvalue weighted by Crippen LogP contribution is -2.45. The van der Waals surface area contributed by atoms with Crippen molar-refractivity contribution in [2.45, 2.75) is 64.5 Å². The van der Waals surface area contributed by atoms with E-state index in [4.69, 9.17) is 31.2 Å². The fourth-order valence-electron chi connectivity index (χ4n) is 1.87. The van der Waals surface area contributed by atoms with Crippen LogP contribution in [0, 0.1) is 0 Å². The molecular weight excluding hydrogens is 410 g/mol. The molecule has 7 N–H and O–H groups in total. The summed E-state index contributed by atoms with van der Waals surface area (Å²) in [6, 6.07) is 6.95. The first kappa shape index (κ1) is 27.8. The molecule has 0 bridgehead atoms. The minimum Gasteiger partial charge on any atom is -0.480 e. The highest BCUT2D eigenvalue weighted by atomic mass is 16.6. The smallest absolute Gasteiger partial charge is 0.408 e. The molecule has 0 heterocycles. The molecule has 0 aromatic heterocycles. The summed E-state index contributed by atoms with van der Waals surface area (Å²) in [7, 11) is 0. The molecule has 0 saturated heterocycles. The molecule has 2 amide bonds.